The maximum Gasteiger partial charge on any atom is 1.00 e. The third kappa shape index (κ3) is 3.78. The van der Waals surface area contributed by atoms with Gasteiger partial charge in [0, 0.05) is 28.9 Å². The number of aryl methyl sites for hydroxylation is 1. The second-order valence-corrected chi connectivity index (χ2v) is 6.93. The van der Waals surface area contributed by atoms with E-state index >= 15 is 0 Å². The van der Waals surface area contributed by atoms with Gasteiger partial charge in [-0.25, -0.2) is 0 Å². The molecule has 4 nitrogen and oxygen atoms in total. The fourth-order valence-corrected chi connectivity index (χ4v) is 3.42. The third-order valence-electron chi connectivity index (χ3n) is 4.86. The largest absolute Gasteiger partial charge is 1.00 e. The zero-order chi connectivity index (χ0) is 17.6. The van der Waals surface area contributed by atoms with Crippen LogP contribution in [0.3, 0.4) is 0 Å². The van der Waals surface area contributed by atoms with Gasteiger partial charge >= 0.3 is 59.1 Å². The predicted molar refractivity (Wildman–Crippen MR) is 94.9 cm³/mol. The Morgan fingerprint density at radius 3 is 2.42 bits per heavy atom. The summed E-state index contributed by atoms with van der Waals surface area (Å²) in [6, 6.07) is 6.29. The molecule has 0 atom stereocenters. The van der Waals surface area contributed by atoms with Gasteiger partial charge in [-0.05, 0) is 30.4 Å². The smallest absolute Gasteiger partial charge is 0.869 e. The first-order chi connectivity index (χ1) is 11.3. The van der Waals surface area contributed by atoms with Crippen LogP contribution < -0.4 is 80.0 Å². The maximum atomic E-state index is 11.7. The van der Waals surface area contributed by atoms with Gasteiger partial charge in [0.2, 0.25) is 10.9 Å². The standard InChI is InChI=1S/C20H22NO3.2Na/c1-5-6-9-21-15-8-7-12(2)10-14(15)20(3,4)16(21)11-13-17(22)19(24)18(13)23;;/h7-8,10-11,22H,1,5-6,9H2,2-4H3;;/q-1;2*+1/p-1. The number of anilines is 1. The molecule has 6 heteroatoms. The van der Waals surface area contributed by atoms with Crippen LogP contribution >= 0.6 is 0 Å². The molecule has 26 heavy (non-hydrogen) atoms. The summed E-state index contributed by atoms with van der Waals surface area (Å²) in [4.78, 5) is 25.1. The number of rotatable bonds is 4. The molecule has 0 aliphatic carbocycles. The number of benzene rings is 1. The molecule has 0 spiro atoms. The Morgan fingerprint density at radius 1 is 1.19 bits per heavy atom. The Bertz CT molecular complexity index is 908. The molecule has 1 aliphatic heterocycles. The normalized spacial score (nSPS) is 16.3. The van der Waals surface area contributed by atoms with Crippen LogP contribution in [-0.2, 0) is 5.41 Å². The summed E-state index contributed by atoms with van der Waals surface area (Å²) < 4.78 is 0. The minimum atomic E-state index is -0.907. The number of nitrogens with zero attached hydrogens (tertiary/aromatic N) is 1. The van der Waals surface area contributed by atoms with Crippen molar-refractivity contribution in [3.63, 3.8) is 0 Å². The van der Waals surface area contributed by atoms with E-state index in [9.17, 15) is 14.7 Å². The molecule has 0 amide bonds. The summed E-state index contributed by atoms with van der Waals surface area (Å²) in [6.07, 6.45) is 3.32. The SMILES string of the molecule is [CH2-]CCCN1C(=Cc2c([O-])c(=O)c2=O)C(C)(C)c2cc(C)ccc21.[Na+].[Na+]. The molecule has 0 fully saturated rings. The summed E-state index contributed by atoms with van der Waals surface area (Å²) >= 11 is 0. The molecular formula is C20H21NNa2O3. The van der Waals surface area contributed by atoms with E-state index in [-0.39, 0.29) is 70.1 Å². The van der Waals surface area contributed by atoms with E-state index in [1.54, 1.807) is 6.08 Å². The van der Waals surface area contributed by atoms with Crippen LogP contribution in [-0.4, -0.2) is 6.54 Å². The van der Waals surface area contributed by atoms with Crippen LogP contribution in [0.25, 0.3) is 6.08 Å². The van der Waals surface area contributed by atoms with Gasteiger partial charge in [-0.15, -0.1) is 0 Å². The number of unbranched alkanes of at least 4 members (excludes halogenated alkanes) is 1. The molecular weight excluding hydrogens is 348 g/mol. The fourth-order valence-electron chi connectivity index (χ4n) is 3.42. The molecule has 0 radical (unpaired) electrons. The molecule has 0 aromatic heterocycles. The van der Waals surface area contributed by atoms with Crippen LogP contribution in [0, 0.1) is 13.8 Å². The van der Waals surface area contributed by atoms with E-state index in [4.69, 9.17) is 0 Å². The van der Waals surface area contributed by atoms with Gasteiger partial charge in [-0.2, -0.15) is 6.42 Å². The second-order valence-electron chi connectivity index (χ2n) is 6.93. The molecule has 0 saturated heterocycles. The summed E-state index contributed by atoms with van der Waals surface area (Å²) in [5.74, 6) is -0.674. The Hall–Kier alpha value is -0.360. The first-order valence-corrected chi connectivity index (χ1v) is 8.19. The quantitative estimate of drug-likeness (QED) is 0.318. The molecule has 0 bridgehead atoms. The van der Waals surface area contributed by atoms with Crippen molar-refractivity contribution in [3.8, 4) is 5.75 Å². The Morgan fingerprint density at radius 2 is 1.85 bits per heavy atom. The van der Waals surface area contributed by atoms with Crippen molar-refractivity contribution in [2.45, 2.75) is 39.0 Å². The van der Waals surface area contributed by atoms with Crippen molar-refractivity contribution in [2.75, 3.05) is 11.4 Å². The molecule has 2 aromatic rings. The molecule has 126 valence electrons. The van der Waals surface area contributed by atoms with Crippen molar-refractivity contribution in [2.24, 2.45) is 0 Å². The van der Waals surface area contributed by atoms with Gasteiger partial charge < -0.3 is 16.9 Å². The van der Waals surface area contributed by atoms with Gasteiger partial charge in [0.15, 0.2) is 0 Å². The van der Waals surface area contributed by atoms with E-state index in [1.807, 2.05) is 6.92 Å². The first kappa shape index (κ1) is 23.7. The van der Waals surface area contributed by atoms with Crippen LogP contribution in [0.15, 0.2) is 33.5 Å². The van der Waals surface area contributed by atoms with Crippen molar-refractivity contribution in [3.05, 3.63) is 68.0 Å². The van der Waals surface area contributed by atoms with Crippen LogP contribution in [0.5, 0.6) is 5.75 Å². The summed E-state index contributed by atoms with van der Waals surface area (Å²) in [6.45, 7) is 10.9. The van der Waals surface area contributed by atoms with Crippen LogP contribution in [0.4, 0.5) is 5.69 Å². The second kappa shape index (κ2) is 8.76. The van der Waals surface area contributed by atoms with Gasteiger partial charge in [-0.1, -0.05) is 38.0 Å². The molecule has 0 N–H and O–H groups in total. The van der Waals surface area contributed by atoms with E-state index in [0.29, 0.717) is 0 Å². The first-order valence-electron chi connectivity index (χ1n) is 8.19. The van der Waals surface area contributed by atoms with E-state index < -0.39 is 16.6 Å². The van der Waals surface area contributed by atoms with Crippen LogP contribution in [0.2, 0.25) is 0 Å². The van der Waals surface area contributed by atoms with Crippen molar-refractivity contribution in [1.82, 2.24) is 0 Å². The maximum absolute atomic E-state index is 11.7. The predicted octanol–water partition coefficient (Wildman–Crippen LogP) is -3.57. The van der Waals surface area contributed by atoms with Crippen molar-refractivity contribution < 1.29 is 64.2 Å². The van der Waals surface area contributed by atoms with Gasteiger partial charge in [0.05, 0.1) is 0 Å². The van der Waals surface area contributed by atoms with Gasteiger partial charge in [-0.3, -0.25) is 9.59 Å². The molecule has 0 unspecified atom stereocenters. The molecule has 0 saturated carbocycles. The topological polar surface area (TPSA) is 60.4 Å². The Kier molecular flexibility index (Phi) is 7.98. The fraction of sp³-hybridized carbons (Fsp3) is 0.350. The van der Waals surface area contributed by atoms with Crippen molar-refractivity contribution >= 4 is 11.8 Å². The van der Waals surface area contributed by atoms with Crippen molar-refractivity contribution in [1.29, 1.82) is 0 Å². The number of hydrogen-bond acceptors (Lipinski definition) is 4. The van der Waals surface area contributed by atoms with E-state index in [0.717, 1.165) is 30.8 Å². The van der Waals surface area contributed by atoms with Crippen LogP contribution in [0.1, 0.15) is 43.4 Å². The Labute approximate surface area is 198 Å². The molecule has 1 aliphatic rings. The molecule has 3 rings (SSSR count). The number of fused-ring (bicyclic) bond motifs is 1. The number of hydrogen-bond donors (Lipinski definition) is 0. The zero-order valence-electron chi connectivity index (χ0n) is 16.3. The monoisotopic (exact) mass is 369 g/mol. The van der Waals surface area contributed by atoms with E-state index in [2.05, 4.69) is 43.9 Å². The third-order valence-corrected chi connectivity index (χ3v) is 4.86. The average Bonchev–Trinajstić information content (AvgIpc) is 2.76. The van der Waals surface area contributed by atoms with Gasteiger partial charge in [0.25, 0.3) is 0 Å². The van der Waals surface area contributed by atoms with Gasteiger partial charge in [0.1, 0.15) is 0 Å². The Balaban J connectivity index is 0.00000169. The minimum Gasteiger partial charge on any atom is -0.869 e. The average molecular weight is 369 g/mol. The molecule has 1 heterocycles. The zero-order valence-corrected chi connectivity index (χ0v) is 20.3. The summed E-state index contributed by atoms with van der Waals surface area (Å²) in [5.41, 5.74) is 2.41. The number of allylic oxidation sites excluding steroid dienone is 1. The summed E-state index contributed by atoms with van der Waals surface area (Å²) in [7, 11) is 0. The summed E-state index contributed by atoms with van der Waals surface area (Å²) in [5, 5.41) is 11.7. The minimum absolute atomic E-state index is 0. The molecule has 2 aromatic carbocycles. The van der Waals surface area contributed by atoms with E-state index in [1.165, 1.54) is 11.1 Å².